The summed E-state index contributed by atoms with van der Waals surface area (Å²) in [6.07, 6.45) is -0.551. The minimum atomic E-state index is -0.481. The van der Waals surface area contributed by atoms with Gasteiger partial charge in [-0.15, -0.1) is 0 Å². The highest BCUT2D eigenvalue weighted by Crippen LogP contribution is 2.29. The minimum absolute atomic E-state index is 0.0929. The van der Waals surface area contributed by atoms with Crippen LogP contribution in [-0.4, -0.2) is 46.4 Å². The summed E-state index contributed by atoms with van der Waals surface area (Å²) in [5, 5.41) is 10.3. The van der Waals surface area contributed by atoms with Crippen molar-refractivity contribution in [3.05, 3.63) is 66.1 Å². The number of aliphatic hydroxyl groups excluding tert-OH is 1. The zero-order valence-corrected chi connectivity index (χ0v) is 17.6. The first-order chi connectivity index (χ1) is 14.5. The van der Waals surface area contributed by atoms with Gasteiger partial charge in [-0.05, 0) is 51.1 Å². The van der Waals surface area contributed by atoms with Crippen LogP contribution < -0.4 is 4.74 Å². The number of rotatable bonds is 7. The van der Waals surface area contributed by atoms with E-state index in [2.05, 4.69) is 4.90 Å². The molecule has 0 aliphatic carbocycles. The standard InChI is InChI=1S/C24H28N2O4/c1-16(2)28-23-15-26(14-22(23)27)13-21-17(3)29-24(25-21)18-8-7-11-20(12-18)30-19-9-5-4-6-10-19/h4-12,16,22-23,27H,13-15H2,1-3H3/t22-,23-/m1/s1. The van der Waals surface area contributed by atoms with Gasteiger partial charge in [0.25, 0.3) is 0 Å². The molecule has 2 heterocycles. The predicted octanol–water partition coefficient (Wildman–Crippen LogP) is 4.41. The Kier molecular flexibility index (Phi) is 6.18. The third kappa shape index (κ3) is 4.90. The first-order valence-corrected chi connectivity index (χ1v) is 10.3. The van der Waals surface area contributed by atoms with Crippen molar-refractivity contribution in [2.45, 2.75) is 45.6 Å². The fourth-order valence-electron chi connectivity index (χ4n) is 3.67. The molecule has 1 N–H and O–H groups in total. The van der Waals surface area contributed by atoms with Crippen molar-refractivity contribution in [3.8, 4) is 23.0 Å². The van der Waals surface area contributed by atoms with Gasteiger partial charge in [0.1, 0.15) is 17.3 Å². The van der Waals surface area contributed by atoms with Gasteiger partial charge < -0.3 is 19.0 Å². The smallest absolute Gasteiger partial charge is 0.226 e. The molecule has 0 unspecified atom stereocenters. The minimum Gasteiger partial charge on any atom is -0.457 e. The summed E-state index contributed by atoms with van der Waals surface area (Å²) in [6.45, 7) is 7.76. The number of benzene rings is 2. The van der Waals surface area contributed by atoms with E-state index < -0.39 is 6.10 Å². The highest BCUT2D eigenvalue weighted by atomic mass is 16.5. The molecule has 1 fully saturated rings. The molecule has 30 heavy (non-hydrogen) atoms. The summed E-state index contributed by atoms with van der Waals surface area (Å²) >= 11 is 0. The molecule has 1 aromatic heterocycles. The van der Waals surface area contributed by atoms with Crippen molar-refractivity contribution < 1.29 is 19.0 Å². The van der Waals surface area contributed by atoms with Gasteiger partial charge in [-0.1, -0.05) is 24.3 Å². The van der Waals surface area contributed by atoms with Crippen LogP contribution in [0.15, 0.2) is 59.0 Å². The molecule has 2 aromatic carbocycles. The monoisotopic (exact) mass is 408 g/mol. The lowest BCUT2D eigenvalue weighted by molar-refractivity contribution is -0.0396. The predicted molar refractivity (Wildman–Crippen MR) is 114 cm³/mol. The average molecular weight is 408 g/mol. The number of para-hydroxylation sites is 1. The summed E-state index contributed by atoms with van der Waals surface area (Å²) in [7, 11) is 0. The third-order valence-electron chi connectivity index (χ3n) is 5.09. The van der Waals surface area contributed by atoms with Gasteiger partial charge in [0, 0.05) is 25.2 Å². The molecule has 158 valence electrons. The fourth-order valence-corrected chi connectivity index (χ4v) is 3.67. The Labute approximate surface area is 177 Å². The van der Waals surface area contributed by atoms with Crippen LogP contribution in [0.4, 0.5) is 0 Å². The summed E-state index contributed by atoms with van der Waals surface area (Å²) in [5.74, 6) is 2.86. The SMILES string of the molecule is Cc1oc(-c2cccc(Oc3ccccc3)c2)nc1CN1C[C@@H](O)[C@H](OC(C)C)C1. The highest BCUT2D eigenvalue weighted by Gasteiger charge is 2.33. The van der Waals surface area contributed by atoms with E-state index in [1.807, 2.05) is 75.4 Å². The van der Waals surface area contributed by atoms with Gasteiger partial charge in [-0.25, -0.2) is 4.98 Å². The summed E-state index contributed by atoms with van der Waals surface area (Å²) in [5.41, 5.74) is 1.73. The first kappa shape index (κ1) is 20.6. The lowest BCUT2D eigenvalue weighted by Crippen LogP contribution is -2.29. The normalized spacial score (nSPS) is 19.5. The van der Waals surface area contributed by atoms with E-state index in [1.165, 1.54) is 0 Å². The first-order valence-electron chi connectivity index (χ1n) is 10.3. The zero-order chi connectivity index (χ0) is 21.1. The molecule has 6 nitrogen and oxygen atoms in total. The summed E-state index contributed by atoms with van der Waals surface area (Å²) in [6, 6.07) is 17.4. The zero-order valence-electron chi connectivity index (χ0n) is 17.6. The Morgan fingerprint density at radius 3 is 2.63 bits per heavy atom. The van der Waals surface area contributed by atoms with Gasteiger partial charge in [-0.3, -0.25) is 4.90 Å². The molecule has 2 atom stereocenters. The molecular weight excluding hydrogens is 380 g/mol. The molecule has 0 radical (unpaired) electrons. The van der Waals surface area contributed by atoms with Crippen LogP contribution in [-0.2, 0) is 11.3 Å². The van der Waals surface area contributed by atoms with Crippen LogP contribution in [0.1, 0.15) is 25.3 Å². The number of β-amino-alcohol motifs (C(OH)–C–C–N with tert-alkyl or cyclic N) is 1. The second-order valence-corrected chi connectivity index (χ2v) is 7.95. The van der Waals surface area contributed by atoms with E-state index in [4.69, 9.17) is 18.9 Å². The average Bonchev–Trinajstić information content (AvgIpc) is 3.25. The van der Waals surface area contributed by atoms with Crippen molar-refractivity contribution in [1.29, 1.82) is 0 Å². The maximum absolute atomic E-state index is 10.3. The van der Waals surface area contributed by atoms with Gasteiger partial charge in [0.05, 0.1) is 24.0 Å². The van der Waals surface area contributed by atoms with Crippen LogP contribution in [0.5, 0.6) is 11.5 Å². The van der Waals surface area contributed by atoms with Crippen LogP contribution in [0.2, 0.25) is 0 Å². The number of hydrogen-bond donors (Lipinski definition) is 1. The van der Waals surface area contributed by atoms with Gasteiger partial charge in [-0.2, -0.15) is 0 Å². The largest absolute Gasteiger partial charge is 0.457 e. The number of oxazole rings is 1. The van der Waals surface area contributed by atoms with E-state index in [1.54, 1.807) is 0 Å². The van der Waals surface area contributed by atoms with Gasteiger partial charge >= 0.3 is 0 Å². The van der Waals surface area contributed by atoms with E-state index in [0.717, 1.165) is 28.5 Å². The van der Waals surface area contributed by atoms with E-state index in [9.17, 15) is 5.11 Å². The number of hydrogen-bond acceptors (Lipinski definition) is 6. The molecule has 1 aliphatic heterocycles. The maximum atomic E-state index is 10.3. The number of nitrogens with zero attached hydrogens (tertiary/aromatic N) is 2. The van der Waals surface area contributed by atoms with Crippen LogP contribution in [0.25, 0.3) is 11.5 Å². The second kappa shape index (κ2) is 9.00. The molecular formula is C24H28N2O4. The molecule has 0 saturated carbocycles. The third-order valence-corrected chi connectivity index (χ3v) is 5.09. The number of aryl methyl sites for hydroxylation is 1. The molecule has 4 rings (SSSR count). The lowest BCUT2D eigenvalue weighted by atomic mass is 10.2. The van der Waals surface area contributed by atoms with Crippen LogP contribution in [0, 0.1) is 6.92 Å². The Hall–Kier alpha value is -2.67. The Morgan fingerprint density at radius 2 is 1.87 bits per heavy atom. The fraction of sp³-hybridized carbons (Fsp3) is 0.375. The molecule has 0 spiro atoms. The van der Waals surface area contributed by atoms with E-state index >= 15 is 0 Å². The number of ether oxygens (including phenoxy) is 2. The van der Waals surface area contributed by atoms with Gasteiger partial charge in [0.2, 0.25) is 5.89 Å². The van der Waals surface area contributed by atoms with Crippen LogP contribution >= 0.6 is 0 Å². The molecule has 0 bridgehead atoms. The topological polar surface area (TPSA) is 68.0 Å². The highest BCUT2D eigenvalue weighted by molar-refractivity contribution is 5.57. The maximum Gasteiger partial charge on any atom is 0.226 e. The van der Waals surface area contributed by atoms with Crippen molar-refractivity contribution in [1.82, 2.24) is 9.88 Å². The molecule has 0 amide bonds. The van der Waals surface area contributed by atoms with Gasteiger partial charge in [0.15, 0.2) is 0 Å². The number of likely N-dealkylation sites (tertiary alicyclic amines) is 1. The number of aliphatic hydroxyl groups is 1. The molecule has 1 aliphatic rings. The Morgan fingerprint density at radius 1 is 1.10 bits per heavy atom. The lowest BCUT2D eigenvalue weighted by Gasteiger charge is -2.17. The van der Waals surface area contributed by atoms with Crippen molar-refractivity contribution in [2.75, 3.05) is 13.1 Å². The van der Waals surface area contributed by atoms with Crippen molar-refractivity contribution >= 4 is 0 Å². The molecule has 3 aromatic rings. The Balaban J connectivity index is 1.46. The quantitative estimate of drug-likeness (QED) is 0.624. The Bertz CT molecular complexity index is 970. The van der Waals surface area contributed by atoms with Crippen molar-refractivity contribution in [2.24, 2.45) is 0 Å². The van der Waals surface area contributed by atoms with Crippen molar-refractivity contribution in [3.63, 3.8) is 0 Å². The summed E-state index contributed by atoms with van der Waals surface area (Å²) in [4.78, 5) is 6.87. The second-order valence-electron chi connectivity index (χ2n) is 7.95. The van der Waals surface area contributed by atoms with E-state index in [0.29, 0.717) is 25.5 Å². The molecule has 6 heteroatoms. The van der Waals surface area contributed by atoms with E-state index in [-0.39, 0.29) is 12.2 Å². The molecule has 1 saturated heterocycles. The van der Waals surface area contributed by atoms with Crippen LogP contribution in [0.3, 0.4) is 0 Å². The summed E-state index contributed by atoms with van der Waals surface area (Å²) < 4.78 is 17.7. The number of aromatic nitrogens is 1.